The van der Waals surface area contributed by atoms with Crippen LogP contribution in [0.1, 0.15) is 5.56 Å². The quantitative estimate of drug-likeness (QED) is 0.332. The molecule has 0 spiro atoms. The number of ether oxygens (including phenoxy) is 4. The lowest BCUT2D eigenvalue weighted by molar-refractivity contribution is -0.385. The second-order valence-electron chi connectivity index (χ2n) is 6.01. The zero-order valence-corrected chi connectivity index (χ0v) is 16.1. The van der Waals surface area contributed by atoms with Crippen LogP contribution in [-0.2, 0) is 4.79 Å². The van der Waals surface area contributed by atoms with Gasteiger partial charge in [0, 0.05) is 11.8 Å². The predicted molar refractivity (Wildman–Crippen MR) is 106 cm³/mol. The first-order valence-electron chi connectivity index (χ1n) is 8.70. The molecule has 154 valence electrons. The summed E-state index contributed by atoms with van der Waals surface area (Å²) in [7, 11) is 2.72. The molecular weight excluding hydrogens is 394 g/mol. The third-order valence-electron chi connectivity index (χ3n) is 4.19. The molecule has 0 saturated heterocycles. The molecule has 0 atom stereocenters. The average Bonchev–Trinajstić information content (AvgIpc) is 2.76. The standard InChI is InChI=1S/C20H17N3O7/c1-27-17-8-12(15(23(25)26)10-18(17)28-2)7-13(11-21)20(24)22-14-3-4-16-19(9-14)30-6-5-29-16/h3-4,7-10H,5-6H2,1-2H3,(H,22,24)/b13-7+. The molecule has 0 bridgehead atoms. The highest BCUT2D eigenvalue weighted by Crippen LogP contribution is 2.36. The van der Waals surface area contributed by atoms with E-state index in [0.29, 0.717) is 30.4 Å². The minimum Gasteiger partial charge on any atom is -0.493 e. The van der Waals surface area contributed by atoms with Crippen molar-refractivity contribution in [3.63, 3.8) is 0 Å². The molecule has 1 aliphatic rings. The molecule has 0 saturated carbocycles. The second kappa shape index (κ2) is 8.83. The number of carbonyl (C=O) groups excluding carboxylic acids is 1. The molecule has 0 aromatic heterocycles. The molecule has 1 heterocycles. The summed E-state index contributed by atoms with van der Waals surface area (Å²) in [4.78, 5) is 23.4. The number of amides is 1. The van der Waals surface area contributed by atoms with Crippen LogP contribution in [0.5, 0.6) is 23.0 Å². The van der Waals surface area contributed by atoms with Gasteiger partial charge in [-0.25, -0.2) is 0 Å². The topological polar surface area (TPSA) is 133 Å². The number of methoxy groups -OCH3 is 2. The minimum absolute atomic E-state index is 0.0199. The molecule has 2 aromatic carbocycles. The Kier molecular flexibility index (Phi) is 6.03. The van der Waals surface area contributed by atoms with Gasteiger partial charge in [0.2, 0.25) is 0 Å². The fraction of sp³-hybridized carbons (Fsp3) is 0.200. The van der Waals surface area contributed by atoms with Gasteiger partial charge in [-0.3, -0.25) is 14.9 Å². The zero-order chi connectivity index (χ0) is 21.7. The Morgan fingerprint density at radius 1 is 1.17 bits per heavy atom. The summed E-state index contributed by atoms with van der Waals surface area (Å²) >= 11 is 0. The van der Waals surface area contributed by atoms with Crippen molar-refractivity contribution in [3.05, 3.63) is 51.6 Å². The van der Waals surface area contributed by atoms with E-state index in [4.69, 9.17) is 18.9 Å². The molecule has 30 heavy (non-hydrogen) atoms. The lowest BCUT2D eigenvalue weighted by Crippen LogP contribution is -2.17. The lowest BCUT2D eigenvalue weighted by Gasteiger charge is -2.18. The summed E-state index contributed by atoms with van der Waals surface area (Å²) in [6, 6.07) is 9.06. The number of carbonyl (C=O) groups is 1. The third kappa shape index (κ3) is 4.25. The van der Waals surface area contributed by atoms with Crippen molar-refractivity contribution in [2.75, 3.05) is 32.8 Å². The molecule has 1 aliphatic heterocycles. The average molecular weight is 411 g/mol. The molecule has 0 unspecified atom stereocenters. The largest absolute Gasteiger partial charge is 0.493 e. The van der Waals surface area contributed by atoms with Crippen LogP contribution < -0.4 is 24.3 Å². The van der Waals surface area contributed by atoms with Crippen LogP contribution in [0, 0.1) is 21.4 Å². The Bertz CT molecular complexity index is 1070. The third-order valence-corrected chi connectivity index (χ3v) is 4.19. The number of nitrogens with zero attached hydrogens (tertiary/aromatic N) is 2. The molecule has 1 amide bonds. The molecule has 1 N–H and O–H groups in total. The van der Waals surface area contributed by atoms with Crippen LogP contribution in [0.25, 0.3) is 6.08 Å². The molecule has 3 rings (SSSR count). The number of nitro groups is 1. The first kappa shape index (κ1) is 20.5. The number of hydrogen-bond acceptors (Lipinski definition) is 8. The molecule has 0 aliphatic carbocycles. The van der Waals surface area contributed by atoms with Gasteiger partial charge >= 0.3 is 0 Å². The van der Waals surface area contributed by atoms with Crippen LogP contribution in [0.3, 0.4) is 0 Å². The van der Waals surface area contributed by atoms with Gasteiger partial charge in [0.05, 0.1) is 30.8 Å². The number of hydrogen-bond donors (Lipinski definition) is 1. The summed E-state index contributed by atoms with van der Waals surface area (Å²) in [6.45, 7) is 0.820. The summed E-state index contributed by atoms with van der Waals surface area (Å²) in [5, 5.41) is 23.4. The van der Waals surface area contributed by atoms with Crippen molar-refractivity contribution in [1.29, 1.82) is 5.26 Å². The van der Waals surface area contributed by atoms with Gasteiger partial charge in [0.1, 0.15) is 24.9 Å². The van der Waals surface area contributed by atoms with Gasteiger partial charge in [-0.2, -0.15) is 5.26 Å². The molecule has 2 aromatic rings. The number of anilines is 1. The van der Waals surface area contributed by atoms with Crippen LogP contribution in [0.4, 0.5) is 11.4 Å². The summed E-state index contributed by atoms with van der Waals surface area (Å²) < 4.78 is 21.1. The fourth-order valence-corrected chi connectivity index (χ4v) is 2.78. The maximum absolute atomic E-state index is 12.6. The highest BCUT2D eigenvalue weighted by Gasteiger charge is 2.21. The minimum atomic E-state index is -0.738. The molecule has 0 radical (unpaired) electrons. The summed E-state index contributed by atoms with van der Waals surface area (Å²) in [5.74, 6) is 0.658. The normalized spacial score (nSPS) is 12.5. The Labute approximate surface area is 171 Å². The Morgan fingerprint density at radius 3 is 2.47 bits per heavy atom. The van der Waals surface area contributed by atoms with E-state index in [2.05, 4.69) is 5.32 Å². The van der Waals surface area contributed by atoms with Gasteiger partial charge in [-0.05, 0) is 24.3 Å². The van der Waals surface area contributed by atoms with Gasteiger partial charge in [0.15, 0.2) is 23.0 Å². The summed E-state index contributed by atoms with van der Waals surface area (Å²) in [5.41, 5.74) is -0.272. The zero-order valence-electron chi connectivity index (χ0n) is 16.1. The number of rotatable bonds is 6. The Hall–Kier alpha value is -4.26. The Morgan fingerprint density at radius 2 is 1.83 bits per heavy atom. The Balaban J connectivity index is 1.92. The van der Waals surface area contributed by atoms with E-state index in [1.165, 1.54) is 26.4 Å². The number of benzene rings is 2. The van der Waals surface area contributed by atoms with E-state index in [0.717, 1.165) is 6.08 Å². The maximum Gasteiger partial charge on any atom is 0.280 e. The van der Waals surface area contributed by atoms with Gasteiger partial charge in [-0.15, -0.1) is 0 Å². The lowest BCUT2D eigenvalue weighted by atomic mass is 10.1. The second-order valence-corrected chi connectivity index (χ2v) is 6.01. The van der Waals surface area contributed by atoms with Crippen molar-refractivity contribution in [2.45, 2.75) is 0 Å². The van der Waals surface area contributed by atoms with Gasteiger partial charge in [0.25, 0.3) is 11.6 Å². The van der Waals surface area contributed by atoms with Crippen molar-refractivity contribution < 1.29 is 28.7 Å². The highest BCUT2D eigenvalue weighted by atomic mass is 16.6. The van der Waals surface area contributed by atoms with Crippen molar-refractivity contribution in [3.8, 4) is 29.1 Å². The molecule has 10 nitrogen and oxygen atoms in total. The van der Waals surface area contributed by atoms with Gasteiger partial charge in [-0.1, -0.05) is 0 Å². The fourth-order valence-electron chi connectivity index (χ4n) is 2.78. The van der Waals surface area contributed by atoms with Crippen LogP contribution in [-0.4, -0.2) is 38.3 Å². The molecule has 10 heteroatoms. The maximum atomic E-state index is 12.6. The summed E-state index contributed by atoms with van der Waals surface area (Å²) in [6.07, 6.45) is 1.12. The first-order valence-corrected chi connectivity index (χ1v) is 8.70. The van der Waals surface area contributed by atoms with Crippen molar-refractivity contribution in [1.82, 2.24) is 0 Å². The van der Waals surface area contributed by atoms with Crippen LogP contribution >= 0.6 is 0 Å². The molecule has 0 fully saturated rings. The van der Waals surface area contributed by atoms with E-state index in [9.17, 15) is 20.2 Å². The van der Waals surface area contributed by atoms with E-state index in [1.54, 1.807) is 24.3 Å². The number of fused-ring (bicyclic) bond motifs is 1. The van der Waals surface area contributed by atoms with E-state index in [1.807, 2.05) is 0 Å². The van der Waals surface area contributed by atoms with Gasteiger partial charge < -0.3 is 24.3 Å². The number of nitrogens with one attached hydrogen (secondary N) is 1. The highest BCUT2D eigenvalue weighted by molar-refractivity contribution is 6.10. The predicted octanol–water partition coefficient (Wildman–Crippen LogP) is 2.93. The smallest absolute Gasteiger partial charge is 0.280 e. The van der Waals surface area contributed by atoms with E-state index < -0.39 is 10.8 Å². The number of nitriles is 1. The SMILES string of the molecule is COc1cc(/C=C(\C#N)C(=O)Nc2ccc3c(c2)OCCO3)c([N+](=O)[O-])cc1OC. The molecular formula is C20H17N3O7. The first-order chi connectivity index (χ1) is 14.5. The number of nitro benzene ring substituents is 1. The van der Waals surface area contributed by atoms with Crippen LogP contribution in [0.15, 0.2) is 35.9 Å². The van der Waals surface area contributed by atoms with Crippen molar-refractivity contribution >= 4 is 23.4 Å². The van der Waals surface area contributed by atoms with E-state index >= 15 is 0 Å². The van der Waals surface area contributed by atoms with E-state index in [-0.39, 0.29) is 28.3 Å². The van der Waals surface area contributed by atoms with Crippen molar-refractivity contribution in [2.24, 2.45) is 0 Å². The van der Waals surface area contributed by atoms with Crippen LogP contribution in [0.2, 0.25) is 0 Å². The monoisotopic (exact) mass is 411 g/mol.